The number of nitrogens with one attached hydrogen (secondary N) is 2. The van der Waals surface area contributed by atoms with E-state index in [2.05, 4.69) is 10.6 Å². The minimum Gasteiger partial charge on any atom is -0.493 e. The molecule has 0 aliphatic heterocycles. The zero-order chi connectivity index (χ0) is 22.1. The molecule has 0 saturated carbocycles. The average molecular weight is 415 g/mol. The molecule has 0 bridgehead atoms. The Hall–Kier alpha value is -3.22. The van der Waals surface area contributed by atoms with Crippen molar-refractivity contribution in [3.63, 3.8) is 0 Å². The molecule has 0 aromatic heterocycles. The van der Waals surface area contributed by atoms with Crippen molar-refractivity contribution in [2.75, 3.05) is 21.3 Å². The number of carbonyl (C=O) groups is 2. The van der Waals surface area contributed by atoms with Crippen LogP contribution in [-0.4, -0.2) is 33.1 Å². The number of hydrogen-bond donors (Lipinski definition) is 2. The number of benzene rings is 2. The Kier molecular flexibility index (Phi) is 8.53. The van der Waals surface area contributed by atoms with Crippen molar-refractivity contribution in [2.24, 2.45) is 5.92 Å². The molecule has 0 aliphatic carbocycles. The van der Waals surface area contributed by atoms with Gasteiger partial charge in [0.05, 0.1) is 21.3 Å². The van der Waals surface area contributed by atoms with E-state index in [4.69, 9.17) is 14.2 Å². The molecule has 0 radical (unpaired) electrons. The molecule has 7 nitrogen and oxygen atoms in total. The van der Waals surface area contributed by atoms with E-state index in [9.17, 15) is 9.59 Å². The van der Waals surface area contributed by atoms with Gasteiger partial charge in [-0.25, -0.2) is 0 Å². The van der Waals surface area contributed by atoms with Crippen LogP contribution in [0.1, 0.15) is 37.4 Å². The molecule has 2 aromatic rings. The van der Waals surface area contributed by atoms with E-state index in [1.54, 1.807) is 12.1 Å². The summed E-state index contributed by atoms with van der Waals surface area (Å²) in [7, 11) is 4.61. The number of rotatable bonds is 10. The summed E-state index contributed by atoms with van der Waals surface area (Å²) in [6.07, 6.45) is 0.351. The fourth-order valence-electron chi connectivity index (χ4n) is 3.07. The van der Waals surface area contributed by atoms with Gasteiger partial charge in [-0.15, -0.1) is 0 Å². The molecule has 0 saturated heterocycles. The predicted molar refractivity (Wildman–Crippen MR) is 115 cm³/mol. The van der Waals surface area contributed by atoms with Crippen LogP contribution in [0.2, 0.25) is 0 Å². The summed E-state index contributed by atoms with van der Waals surface area (Å²) in [6, 6.07) is 11.9. The van der Waals surface area contributed by atoms with E-state index in [1.807, 2.05) is 44.2 Å². The topological polar surface area (TPSA) is 85.9 Å². The molecule has 0 aliphatic rings. The van der Waals surface area contributed by atoms with Crippen LogP contribution in [0, 0.1) is 5.92 Å². The highest BCUT2D eigenvalue weighted by Gasteiger charge is 2.23. The van der Waals surface area contributed by atoms with Crippen LogP contribution in [0.5, 0.6) is 17.2 Å². The lowest BCUT2D eigenvalue weighted by molar-refractivity contribution is -0.129. The maximum atomic E-state index is 13.0. The SMILES string of the molecule is COc1cc(CNC(=O)C(NC(=O)CC(C)C)c2ccccc2)cc(OC)c1OC. The first-order chi connectivity index (χ1) is 14.4. The monoisotopic (exact) mass is 414 g/mol. The molecule has 7 heteroatoms. The molecular formula is C23H30N2O5. The van der Waals surface area contributed by atoms with Crippen molar-refractivity contribution in [3.05, 3.63) is 53.6 Å². The van der Waals surface area contributed by atoms with E-state index in [1.165, 1.54) is 21.3 Å². The fraction of sp³-hybridized carbons (Fsp3) is 0.391. The zero-order valence-corrected chi connectivity index (χ0v) is 18.2. The Labute approximate surface area is 177 Å². The molecular weight excluding hydrogens is 384 g/mol. The maximum absolute atomic E-state index is 13.0. The Morgan fingerprint density at radius 1 is 0.933 bits per heavy atom. The molecule has 2 N–H and O–H groups in total. The summed E-state index contributed by atoms with van der Waals surface area (Å²) >= 11 is 0. The van der Waals surface area contributed by atoms with E-state index in [0.29, 0.717) is 23.7 Å². The van der Waals surface area contributed by atoms with Crippen molar-refractivity contribution in [1.29, 1.82) is 0 Å². The molecule has 0 fully saturated rings. The van der Waals surface area contributed by atoms with Gasteiger partial charge in [-0.1, -0.05) is 44.2 Å². The molecule has 1 unspecified atom stereocenters. The number of ether oxygens (including phenoxy) is 3. The third-order valence-corrected chi connectivity index (χ3v) is 4.49. The number of methoxy groups -OCH3 is 3. The Morgan fingerprint density at radius 2 is 1.53 bits per heavy atom. The Morgan fingerprint density at radius 3 is 2.03 bits per heavy atom. The van der Waals surface area contributed by atoms with Gasteiger partial charge >= 0.3 is 0 Å². The Balaban J connectivity index is 2.18. The molecule has 2 aromatic carbocycles. The van der Waals surface area contributed by atoms with Crippen LogP contribution < -0.4 is 24.8 Å². The Bertz CT molecular complexity index is 827. The van der Waals surface area contributed by atoms with Gasteiger partial charge < -0.3 is 24.8 Å². The van der Waals surface area contributed by atoms with Crippen LogP contribution in [0.3, 0.4) is 0 Å². The summed E-state index contributed by atoms with van der Waals surface area (Å²) in [5.41, 5.74) is 1.50. The molecule has 2 amide bonds. The van der Waals surface area contributed by atoms with Crippen LogP contribution in [0.4, 0.5) is 0 Å². The van der Waals surface area contributed by atoms with E-state index < -0.39 is 6.04 Å². The largest absolute Gasteiger partial charge is 0.493 e. The highest BCUT2D eigenvalue weighted by atomic mass is 16.5. The maximum Gasteiger partial charge on any atom is 0.247 e. The van der Waals surface area contributed by atoms with Crippen molar-refractivity contribution in [1.82, 2.24) is 10.6 Å². The van der Waals surface area contributed by atoms with Gasteiger partial charge in [0.15, 0.2) is 11.5 Å². The van der Waals surface area contributed by atoms with Crippen LogP contribution >= 0.6 is 0 Å². The minimum absolute atomic E-state index is 0.165. The molecule has 2 rings (SSSR count). The lowest BCUT2D eigenvalue weighted by atomic mass is 10.0. The first-order valence-electron chi connectivity index (χ1n) is 9.80. The summed E-state index contributed by atoms with van der Waals surface area (Å²) < 4.78 is 16.0. The highest BCUT2D eigenvalue weighted by Crippen LogP contribution is 2.38. The van der Waals surface area contributed by atoms with Crippen molar-refractivity contribution in [3.8, 4) is 17.2 Å². The van der Waals surface area contributed by atoms with Crippen molar-refractivity contribution < 1.29 is 23.8 Å². The quantitative estimate of drug-likeness (QED) is 0.623. The van der Waals surface area contributed by atoms with Gasteiger partial charge in [-0.2, -0.15) is 0 Å². The molecule has 30 heavy (non-hydrogen) atoms. The molecule has 0 spiro atoms. The minimum atomic E-state index is -0.778. The standard InChI is InChI=1S/C23H30N2O5/c1-15(2)11-20(26)25-21(17-9-7-6-8-10-17)23(27)24-14-16-12-18(28-3)22(30-5)19(13-16)29-4/h6-10,12-13,15,21H,11,14H2,1-5H3,(H,24,27)(H,25,26). The van der Waals surface area contributed by atoms with E-state index in [-0.39, 0.29) is 24.3 Å². The van der Waals surface area contributed by atoms with Gasteiger partial charge in [0, 0.05) is 13.0 Å². The second-order valence-electron chi connectivity index (χ2n) is 7.26. The first kappa shape index (κ1) is 23.1. The van der Waals surface area contributed by atoms with Crippen LogP contribution in [0.25, 0.3) is 0 Å². The van der Waals surface area contributed by atoms with Gasteiger partial charge in [0.1, 0.15) is 6.04 Å². The molecule has 162 valence electrons. The van der Waals surface area contributed by atoms with Crippen LogP contribution in [0.15, 0.2) is 42.5 Å². The van der Waals surface area contributed by atoms with Crippen LogP contribution in [-0.2, 0) is 16.1 Å². The lowest BCUT2D eigenvalue weighted by Gasteiger charge is -2.20. The summed E-state index contributed by atoms with van der Waals surface area (Å²) in [5.74, 6) is 1.23. The van der Waals surface area contributed by atoms with Crippen molar-refractivity contribution in [2.45, 2.75) is 32.9 Å². The zero-order valence-electron chi connectivity index (χ0n) is 18.2. The summed E-state index contributed by atoms with van der Waals surface area (Å²) in [6.45, 7) is 4.15. The molecule has 1 atom stereocenters. The number of hydrogen-bond acceptors (Lipinski definition) is 5. The molecule has 0 heterocycles. The number of carbonyl (C=O) groups excluding carboxylic acids is 2. The second-order valence-corrected chi connectivity index (χ2v) is 7.26. The van der Waals surface area contributed by atoms with Gasteiger partial charge in [-0.3, -0.25) is 9.59 Å². The van der Waals surface area contributed by atoms with Gasteiger partial charge in [0.25, 0.3) is 0 Å². The first-order valence-corrected chi connectivity index (χ1v) is 9.80. The predicted octanol–water partition coefficient (Wildman–Crippen LogP) is 3.23. The summed E-state index contributed by atoms with van der Waals surface area (Å²) in [4.78, 5) is 25.3. The normalized spacial score (nSPS) is 11.5. The lowest BCUT2D eigenvalue weighted by Crippen LogP contribution is -2.40. The third-order valence-electron chi connectivity index (χ3n) is 4.49. The number of amides is 2. The van der Waals surface area contributed by atoms with E-state index >= 15 is 0 Å². The van der Waals surface area contributed by atoms with Crippen molar-refractivity contribution >= 4 is 11.8 Å². The van der Waals surface area contributed by atoms with Gasteiger partial charge in [-0.05, 0) is 29.2 Å². The highest BCUT2D eigenvalue weighted by molar-refractivity contribution is 5.88. The van der Waals surface area contributed by atoms with E-state index in [0.717, 1.165) is 11.1 Å². The summed E-state index contributed by atoms with van der Waals surface area (Å²) in [5, 5.41) is 5.73. The second kappa shape index (κ2) is 11.1. The fourth-order valence-corrected chi connectivity index (χ4v) is 3.07. The smallest absolute Gasteiger partial charge is 0.247 e. The average Bonchev–Trinajstić information content (AvgIpc) is 2.74. The third kappa shape index (κ3) is 6.14. The van der Waals surface area contributed by atoms with Gasteiger partial charge in [0.2, 0.25) is 17.6 Å².